The van der Waals surface area contributed by atoms with Crippen molar-refractivity contribution in [2.75, 3.05) is 5.73 Å². The van der Waals surface area contributed by atoms with Gasteiger partial charge in [0.25, 0.3) is 5.56 Å². The van der Waals surface area contributed by atoms with Crippen molar-refractivity contribution in [3.8, 4) is 0 Å². The van der Waals surface area contributed by atoms with Crippen LogP contribution in [0, 0.1) is 5.82 Å². The molecule has 4 aromatic rings. The zero-order valence-corrected chi connectivity index (χ0v) is 17.0. The first-order valence-electron chi connectivity index (χ1n) is 10.3. The molecule has 0 aliphatic heterocycles. The highest BCUT2D eigenvalue weighted by Gasteiger charge is 2.30. The number of aromatic nitrogens is 4. The minimum Gasteiger partial charge on any atom is -0.399 e. The summed E-state index contributed by atoms with van der Waals surface area (Å²) in [6.45, 7) is 1.84. The van der Waals surface area contributed by atoms with Crippen LogP contribution in [0.4, 0.5) is 10.1 Å². The Kier molecular flexibility index (Phi) is 4.50. The standard InChI is InChI=1S/C23H22FN5O2/c1-13(14-6-8-16(25)9-7-14)20-26-19-21(27-20)29(17-10-11-17)23(31)28(22(19)30)12-15-4-2-3-5-18(15)24/h2-9,13,17H,10-12,25H2,1H3,(H,26,27). The first-order valence-corrected chi connectivity index (χ1v) is 10.3. The average molecular weight is 419 g/mol. The molecule has 0 radical (unpaired) electrons. The van der Waals surface area contributed by atoms with E-state index < -0.39 is 17.1 Å². The molecular weight excluding hydrogens is 397 g/mol. The summed E-state index contributed by atoms with van der Waals surface area (Å²) in [5, 5.41) is 0. The Morgan fingerprint density at radius 3 is 2.55 bits per heavy atom. The van der Waals surface area contributed by atoms with Crippen molar-refractivity contribution < 1.29 is 4.39 Å². The van der Waals surface area contributed by atoms with Crippen LogP contribution in [0.5, 0.6) is 0 Å². The molecule has 2 heterocycles. The third-order valence-corrected chi connectivity index (χ3v) is 5.87. The summed E-state index contributed by atoms with van der Waals surface area (Å²) < 4.78 is 16.9. The number of anilines is 1. The second-order valence-electron chi connectivity index (χ2n) is 8.08. The van der Waals surface area contributed by atoms with Gasteiger partial charge < -0.3 is 10.7 Å². The van der Waals surface area contributed by atoms with Crippen molar-refractivity contribution in [1.29, 1.82) is 0 Å². The first kappa shape index (κ1) is 19.3. The van der Waals surface area contributed by atoms with Crippen molar-refractivity contribution in [2.24, 2.45) is 0 Å². The maximum absolute atomic E-state index is 14.2. The zero-order chi connectivity index (χ0) is 21.7. The molecule has 3 N–H and O–H groups in total. The van der Waals surface area contributed by atoms with Gasteiger partial charge in [0.1, 0.15) is 17.2 Å². The van der Waals surface area contributed by atoms with Crippen LogP contribution < -0.4 is 17.0 Å². The normalized spacial score (nSPS) is 14.8. The number of halogens is 1. The summed E-state index contributed by atoms with van der Waals surface area (Å²) in [4.78, 5) is 34.2. The van der Waals surface area contributed by atoms with Crippen molar-refractivity contribution >= 4 is 16.9 Å². The van der Waals surface area contributed by atoms with Crippen LogP contribution >= 0.6 is 0 Å². The fourth-order valence-corrected chi connectivity index (χ4v) is 3.89. The summed E-state index contributed by atoms with van der Waals surface area (Å²) in [6, 6.07) is 13.6. The van der Waals surface area contributed by atoms with E-state index in [0.29, 0.717) is 22.7 Å². The second kappa shape index (κ2) is 7.23. The van der Waals surface area contributed by atoms with Crippen LogP contribution in [-0.4, -0.2) is 19.1 Å². The topological polar surface area (TPSA) is 98.7 Å². The van der Waals surface area contributed by atoms with Gasteiger partial charge in [0.2, 0.25) is 0 Å². The van der Waals surface area contributed by atoms with Crippen LogP contribution in [0.3, 0.4) is 0 Å². The van der Waals surface area contributed by atoms with Crippen LogP contribution in [0.25, 0.3) is 11.2 Å². The maximum Gasteiger partial charge on any atom is 0.333 e. The lowest BCUT2D eigenvalue weighted by Gasteiger charge is -2.11. The molecule has 7 nitrogen and oxygen atoms in total. The average Bonchev–Trinajstić information content (AvgIpc) is 3.50. The molecule has 8 heteroatoms. The lowest BCUT2D eigenvalue weighted by atomic mass is 10.0. The van der Waals surface area contributed by atoms with Gasteiger partial charge in [-0.3, -0.25) is 13.9 Å². The highest BCUT2D eigenvalue weighted by Crippen LogP contribution is 2.35. The lowest BCUT2D eigenvalue weighted by Crippen LogP contribution is -2.40. The molecular formula is C23H22FN5O2. The van der Waals surface area contributed by atoms with Gasteiger partial charge in [-0.25, -0.2) is 14.2 Å². The number of nitrogen functional groups attached to an aromatic ring is 1. The number of benzene rings is 2. The van der Waals surface area contributed by atoms with E-state index in [0.717, 1.165) is 23.0 Å². The van der Waals surface area contributed by atoms with Crippen molar-refractivity contribution in [2.45, 2.75) is 38.3 Å². The number of imidazole rings is 1. The summed E-state index contributed by atoms with van der Waals surface area (Å²) in [5.74, 6) is 0.0126. The smallest absolute Gasteiger partial charge is 0.333 e. The van der Waals surface area contributed by atoms with E-state index in [1.165, 1.54) is 6.07 Å². The molecule has 1 fully saturated rings. The Balaban J connectivity index is 1.67. The second-order valence-corrected chi connectivity index (χ2v) is 8.08. The van der Waals surface area contributed by atoms with Crippen molar-refractivity contribution in [3.63, 3.8) is 0 Å². The number of nitrogens with two attached hydrogens (primary N) is 1. The van der Waals surface area contributed by atoms with E-state index in [4.69, 9.17) is 5.73 Å². The summed E-state index contributed by atoms with van der Waals surface area (Å²) in [6.07, 6.45) is 1.70. The minimum absolute atomic E-state index is 0.00505. The monoisotopic (exact) mass is 419 g/mol. The number of aromatic amines is 1. The molecule has 2 aromatic carbocycles. The molecule has 0 saturated heterocycles. The number of nitrogens with one attached hydrogen (secondary N) is 1. The third-order valence-electron chi connectivity index (χ3n) is 5.87. The van der Waals surface area contributed by atoms with E-state index in [-0.39, 0.29) is 24.0 Å². The van der Waals surface area contributed by atoms with E-state index in [1.807, 2.05) is 31.2 Å². The van der Waals surface area contributed by atoms with Gasteiger partial charge in [-0.15, -0.1) is 0 Å². The van der Waals surface area contributed by atoms with Gasteiger partial charge in [0.05, 0.1) is 6.54 Å². The number of rotatable bonds is 5. The Morgan fingerprint density at radius 1 is 1.16 bits per heavy atom. The van der Waals surface area contributed by atoms with E-state index in [9.17, 15) is 14.0 Å². The highest BCUT2D eigenvalue weighted by molar-refractivity contribution is 5.70. The molecule has 0 spiro atoms. The number of nitrogens with zero attached hydrogens (tertiary/aromatic N) is 3. The molecule has 5 rings (SSSR count). The number of hydrogen-bond donors (Lipinski definition) is 2. The molecule has 0 amide bonds. The van der Waals surface area contributed by atoms with Gasteiger partial charge in [-0.1, -0.05) is 37.3 Å². The van der Waals surface area contributed by atoms with Gasteiger partial charge >= 0.3 is 5.69 Å². The fourth-order valence-electron chi connectivity index (χ4n) is 3.89. The Labute approximate surface area is 177 Å². The molecule has 1 aliphatic carbocycles. The molecule has 31 heavy (non-hydrogen) atoms. The SMILES string of the molecule is CC(c1ccc(N)cc1)c1nc2c([nH]1)c(=O)n(Cc1ccccc1F)c(=O)n2C1CC1. The van der Waals surface area contributed by atoms with E-state index in [1.54, 1.807) is 22.8 Å². The number of H-pyrrole nitrogens is 1. The molecule has 1 atom stereocenters. The van der Waals surface area contributed by atoms with Crippen LogP contribution in [0.1, 0.15) is 48.7 Å². The quantitative estimate of drug-likeness (QED) is 0.486. The first-order chi connectivity index (χ1) is 14.9. The van der Waals surface area contributed by atoms with Crippen LogP contribution in [-0.2, 0) is 6.54 Å². The van der Waals surface area contributed by atoms with E-state index >= 15 is 0 Å². The molecule has 1 unspecified atom stereocenters. The summed E-state index contributed by atoms with van der Waals surface area (Å²) >= 11 is 0. The van der Waals surface area contributed by atoms with Gasteiger partial charge in [-0.05, 0) is 36.6 Å². The molecule has 1 saturated carbocycles. The number of hydrogen-bond acceptors (Lipinski definition) is 4. The fraction of sp³-hybridized carbons (Fsp3) is 0.261. The summed E-state index contributed by atoms with van der Waals surface area (Å²) in [7, 11) is 0. The van der Waals surface area contributed by atoms with Crippen LogP contribution in [0.2, 0.25) is 0 Å². The Hall–Kier alpha value is -3.68. The zero-order valence-electron chi connectivity index (χ0n) is 17.0. The predicted octanol–water partition coefficient (Wildman–Crippen LogP) is 3.14. The van der Waals surface area contributed by atoms with E-state index in [2.05, 4.69) is 9.97 Å². The highest BCUT2D eigenvalue weighted by atomic mass is 19.1. The molecule has 0 bridgehead atoms. The van der Waals surface area contributed by atoms with Gasteiger partial charge in [0, 0.05) is 23.2 Å². The van der Waals surface area contributed by atoms with Crippen molar-refractivity contribution in [1.82, 2.24) is 19.1 Å². The van der Waals surface area contributed by atoms with Gasteiger partial charge in [-0.2, -0.15) is 0 Å². The molecule has 158 valence electrons. The predicted molar refractivity (Wildman–Crippen MR) is 117 cm³/mol. The molecule has 1 aliphatic rings. The van der Waals surface area contributed by atoms with Crippen LogP contribution in [0.15, 0.2) is 58.1 Å². The number of fused-ring (bicyclic) bond motifs is 1. The Bertz CT molecular complexity index is 1400. The Morgan fingerprint density at radius 2 is 1.87 bits per heavy atom. The van der Waals surface area contributed by atoms with Crippen molar-refractivity contribution in [3.05, 3.63) is 92.1 Å². The minimum atomic E-state index is -0.497. The lowest BCUT2D eigenvalue weighted by molar-refractivity contribution is 0.571. The molecule has 2 aromatic heterocycles. The van der Waals surface area contributed by atoms with Gasteiger partial charge in [0.15, 0.2) is 5.65 Å². The largest absolute Gasteiger partial charge is 0.399 e. The third kappa shape index (κ3) is 3.34. The summed E-state index contributed by atoms with van der Waals surface area (Å²) in [5.41, 5.74) is 7.39. The maximum atomic E-state index is 14.2.